The minimum atomic E-state index is -3.77. The maximum Gasteiger partial charge on any atom is 0.338 e. The Kier molecular flexibility index (Phi) is 8.09. The Morgan fingerprint density at radius 2 is 1.90 bits per heavy atom. The minimum absolute atomic E-state index is 0.0578. The standard InChI is InChI=1S/C21H21FN2O5S/c1-3-12-23-30(27,28)19-10-8-17(9-11-19)21(26)29-15-20(25)24(4-2)14-16-6-5-7-18(22)13-16/h1,5-11,13,23H,4,12,14-15H2,2H3. The van der Waals surface area contributed by atoms with Crippen LogP contribution in [-0.2, 0) is 26.1 Å². The third-order valence-electron chi connectivity index (χ3n) is 4.09. The SMILES string of the molecule is C#CCNS(=O)(=O)c1ccc(C(=O)OCC(=O)N(CC)Cc2cccc(F)c2)cc1. The molecule has 0 fully saturated rings. The number of sulfonamides is 1. The molecule has 0 aromatic heterocycles. The van der Waals surface area contributed by atoms with E-state index in [0.29, 0.717) is 12.1 Å². The number of benzene rings is 2. The van der Waals surface area contributed by atoms with Crippen LogP contribution in [-0.4, -0.2) is 44.9 Å². The van der Waals surface area contributed by atoms with Crippen molar-refractivity contribution in [1.29, 1.82) is 0 Å². The highest BCUT2D eigenvalue weighted by molar-refractivity contribution is 7.89. The number of rotatable bonds is 9. The van der Waals surface area contributed by atoms with Gasteiger partial charge in [-0.25, -0.2) is 17.6 Å². The number of halogens is 1. The number of carbonyl (C=O) groups excluding carboxylic acids is 2. The van der Waals surface area contributed by atoms with Crippen molar-refractivity contribution >= 4 is 21.9 Å². The van der Waals surface area contributed by atoms with Crippen molar-refractivity contribution in [2.45, 2.75) is 18.4 Å². The van der Waals surface area contributed by atoms with Crippen molar-refractivity contribution in [3.63, 3.8) is 0 Å². The van der Waals surface area contributed by atoms with Gasteiger partial charge in [-0.15, -0.1) is 6.42 Å². The summed E-state index contributed by atoms with van der Waals surface area (Å²) in [4.78, 5) is 25.9. The van der Waals surface area contributed by atoms with Gasteiger partial charge in [0.25, 0.3) is 5.91 Å². The van der Waals surface area contributed by atoms with Crippen molar-refractivity contribution in [2.75, 3.05) is 19.7 Å². The van der Waals surface area contributed by atoms with Crippen LogP contribution >= 0.6 is 0 Å². The lowest BCUT2D eigenvalue weighted by Crippen LogP contribution is -2.34. The van der Waals surface area contributed by atoms with E-state index in [1.54, 1.807) is 19.1 Å². The molecule has 0 saturated carbocycles. The molecular weight excluding hydrogens is 411 g/mol. The molecule has 1 N–H and O–H groups in total. The first-order valence-corrected chi connectivity index (χ1v) is 10.5. The zero-order chi connectivity index (χ0) is 22.1. The Bertz CT molecular complexity index is 1050. The van der Waals surface area contributed by atoms with E-state index in [1.807, 2.05) is 0 Å². The summed E-state index contributed by atoms with van der Waals surface area (Å²) in [5.41, 5.74) is 0.707. The predicted octanol–water partition coefficient (Wildman–Crippen LogP) is 1.94. The molecule has 7 nitrogen and oxygen atoms in total. The monoisotopic (exact) mass is 432 g/mol. The first-order chi connectivity index (χ1) is 14.3. The van der Waals surface area contributed by atoms with Gasteiger partial charge >= 0.3 is 5.97 Å². The Hall–Kier alpha value is -3.22. The highest BCUT2D eigenvalue weighted by Crippen LogP contribution is 2.12. The molecule has 0 spiro atoms. The van der Waals surface area contributed by atoms with Crippen LogP contribution in [0.25, 0.3) is 0 Å². The third kappa shape index (κ3) is 6.40. The number of nitrogens with one attached hydrogen (secondary N) is 1. The average molecular weight is 432 g/mol. The summed E-state index contributed by atoms with van der Waals surface area (Å²) >= 11 is 0. The Balaban J connectivity index is 1.95. The second-order valence-electron chi connectivity index (χ2n) is 6.17. The number of ether oxygens (including phenoxy) is 1. The summed E-state index contributed by atoms with van der Waals surface area (Å²) in [6.45, 7) is 1.64. The van der Waals surface area contributed by atoms with E-state index in [1.165, 1.54) is 41.3 Å². The van der Waals surface area contributed by atoms with E-state index in [9.17, 15) is 22.4 Å². The van der Waals surface area contributed by atoms with Crippen molar-refractivity contribution in [3.05, 3.63) is 65.5 Å². The van der Waals surface area contributed by atoms with Gasteiger partial charge in [0, 0.05) is 13.1 Å². The summed E-state index contributed by atoms with van der Waals surface area (Å²) in [5, 5.41) is 0. The molecule has 0 atom stereocenters. The molecule has 0 heterocycles. The Labute approximate surface area is 174 Å². The first-order valence-electron chi connectivity index (χ1n) is 8.99. The fourth-order valence-electron chi connectivity index (χ4n) is 2.52. The molecule has 0 bridgehead atoms. The van der Waals surface area contributed by atoms with Crippen LogP contribution in [0, 0.1) is 18.2 Å². The molecule has 2 aromatic carbocycles. The van der Waals surface area contributed by atoms with E-state index in [0.717, 1.165) is 0 Å². The van der Waals surface area contributed by atoms with E-state index in [2.05, 4.69) is 10.6 Å². The smallest absolute Gasteiger partial charge is 0.338 e. The van der Waals surface area contributed by atoms with Crippen LogP contribution < -0.4 is 4.72 Å². The molecule has 2 rings (SSSR count). The summed E-state index contributed by atoms with van der Waals surface area (Å²) in [6, 6.07) is 10.9. The number of likely N-dealkylation sites (N-methyl/N-ethyl adjacent to an activating group) is 1. The van der Waals surface area contributed by atoms with Gasteiger partial charge in [0.1, 0.15) is 5.82 Å². The van der Waals surface area contributed by atoms with E-state index in [4.69, 9.17) is 11.2 Å². The van der Waals surface area contributed by atoms with Gasteiger partial charge < -0.3 is 9.64 Å². The highest BCUT2D eigenvalue weighted by Gasteiger charge is 2.17. The zero-order valence-corrected chi connectivity index (χ0v) is 17.1. The van der Waals surface area contributed by atoms with Crippen LogP contribution in [0.4, 0.5) is 4.39 Å². The van der Waals surface area contributed by atoms with Crippen LogP contribution in [0.3, 0.4) is 0 Å². The molecule has 30 heavy (non-hydrogen) atoms. The minimum Gasteiger partial charge on any atom is -0.452 e. The molecule has 0 unspecified atom stereocenters. The van der Waals surface area contributed by atoms with Crippen molar-refractivity contribution in [3.8, 4) is 12.3 Å². The van der Waals surface area contributed by atoms with Gasteiger partial charge in [0.05, 0.1) is 17.0 Å². The number of hydrogen-bond donors (Lipinski definition) is 1. The Morgan fingerprint density at radius 1 is 1.20 bits per heavy atom. The van der Waals surface area contributed by atoms with Gasteiger partial charge in [-0.05, 0) is 48.9 Å². The number of esters is 1. The molecule has 9 heteroatoms. The van der Waals surface area contributed by atoms with Gasteiger partial charge in [-0.2, -0.15) is 4.72 Å². The van der Waals surface area contributed by atoms with Crippen LogP contribution in [0.15, 0.2) is 53.4 Å². The fourth-order valence-corrected chi connectivity index (χ4v) is 3.46. The largest absolute Gasteiger partial charge is 0.452 e. The van der Waals surface area contributed by atoms with Gasteiger partial charge in [0.15, 0.2) is 6.61 Å². The highest BCUT2D eigenvalue weighted by atomic mass is 32.2. The molecule has 0 radical (unpaired) electrons. The number of hydrogen-bond acceptors (Lipinski definition) is 5. The molecule has 158 valence electrons. The van der Waals surface area contributed by atoms with Crippen molar-refractivity contribution < 1.29 is 27.1 Å². The summed E-state index contributed by atoms with van der Waals surface area (Å²) in [5.74, 6) is 0.553. The van der Waals surface area contributed by atoms with Gasteiger partial charge in [-0.1, -0.05) is 18.1 Å². The van der Waals surface area contributed by atoms with Crippen LogP contribution in [0.5, 0.6) is 0 Å². The number of carbonyl (C=O) groups is 2. The number of nitrogens with zero attached hydrogens (tertiary/aromatic N) is 1. The molecule has 0 aliphatic carbocycles. The first kappa shape index (κ1) is 23.1. The molecule has 2 aromatic rings. The second kappa shape index (κ2) is 10.5. The summed E-state index contributed by atoms with van der Waals surface area (Å²) in [6.07, 6.45) is 5.03. The molecule has 0 aliphatic heterocycles. The van der Waals surface area contributed by atoms with Gasteiger partial charge in [0.2, 0.25) is 10.0 Å². The summed E-state index contributed by atoms with van der Waals surface area (Å²) in [7, 11) is -3.77. The second-order valence-corrected chi connectivity index (χ2v) is 7.93. The van der Waals surface area contributed by atoms with Crippen molar-refractivity contribution in [2.24, 2.45) is 0 Å². The normalized spacial score (nSPS) is 10.8. The predicted molar refractivity (Wildman–Crippen MR) is 108 cm³/mol. The molecule has 0 saturated heterocycles. The fraction of sp³-hybridized carbons (Fsp3) is 0.238. The third-order valence-corrected chi connectivity index (χ3v) is 5.51. The van der Waals surface area contributed by atoms with Gasteiger partial charge in [-0.3, -0.25) is 4.79 Å². The maximum atomic E-state index is 13.3. The van der Waals surface area contributed by atoms with E-state index >= 15 is 0 Å². The maximum absolute atomic E-state index is 13.3. The zero-order valence-electron chi connectivity index (χ0n) is 16.3. The van der Waals surface area contributed by atoms with Crippen molar-refractivity contribution in [1.82, 2.24) is 9.62 Å². The average Bonchev–Trinajstić information content (AvgIpc) is 2.74. The molecule has 0 aliphatic rings. The molecule has 1 amide bonds. The quantitative estimate of drug-likeness (QED) is 0.483. The lowest BCUT2D eigenvalue weighted by molar-refractivity contribution is -0.134. The molecular formula is C21H21FN2O5S. The Morgan fingerprint density at radius 3 is 2.50 bits per heavy atom. The van der Waals surface area contributed by atoms with E-state index < -0.39 is 34.3 Å². The van der Waals surface area contributed by atoms with Crippen LogP contribution in [0.1, 0.15) is 22.8 Å². The number of amides is 1. The lowest BCUT2D eigenvalue weighted by Gasteiger charge is -2.21. The van der Waals surface area contributed by atoms with E-state index in [-0.39, 0.29) is 23.5 Å². The summed E-state index contributed by atoms with van der Waals surface area (Å²) < 4.78 is 44.5. The number of terminal acetylenes is 1. The topological polar surface area (TPSA) is 92.8 Å². The van der Waals surface area contributed by atoms with Crippen LogP contribution in [0.2, 0.25) is 0 Å². The lowest BCUT2D eigenvalue weighted by atomic mass is 10.2.